The highest BCUT2D eigenvalue weighted by Gasteiger charge is 2.63. The molecule has 0 aromatic heterocycles. The largest absolute Gasteiger partial charge is 0.495 e. The predicted octanol–water partition coefficient (Wildman–Crippen LogP) is 7.12. The molecule has 16 heteroatoms. The van der Waals surface area contributed by atoms with E-state index in [2.05, 4.69) is 15.9 Å². The molecule has 3 aliphatic rings. The molecule has 2 aromatic carbocycles. The van der Waals surface area contributed by atoms with Crippen molar-refractivity contribution in [2.24, 2.45) is 0 Å². The maximum absolute atomic E-state index is 10.9. The Labute approximate surface area is 293 Å². The van der Waals surface area contributed by atoms with Crippen LogP contribution >= 0.6 is 15.9 Å². The van der Waals surface area contributed by atoms with Gasteiger partial charge >= 0.3 is 21.1 Å². The highest BCUT2D eigenvalue weighted by Crippen LogP contribution is 2.43. The van der Waals surface area contributed by atoms with Crippen LogP contribution in [0.25, 0.3) is 0 Å². The number of nitro benzene ring substituents is 2. The van der Waals surface area contributed by atoms with Crippen LogP contribution in [0.15, 0.2) is 40.9 Å². The summed E-state index contributed by atoms with van der Waals surface area (Å²) in [6.45, 7) is 27.8. The zero-order chi connectivity index (χ0) is 36.8. The highest BCUT2D eigenvalue weighted by molar-refractivity contribution is 9.10. The summed E-state index contributed by atoms with van der Waals surface area (Å²) >= 11 is 3.21. The molecule has 0 bridgehead atoms. The van der Waals surface area contributed by atoms with Crippen molar-refractivity contribution in [2.75, 3.05) is 0 Å². The van der Waals surface area contributed by atoms with E-state index in [1.165, 1.54) is 24.3 Å². The molecule has 3 fully saturated rings. The fourth-order valence-corrected chi connectivity index (χ4v) is 5.03. The van der Waals surface area contributed by atoms with Crippen molar-refractivity contribution in [3.63, 3.8) is 0 Å². The van der Waals surface area contributed by atoms with Crippen LogP contribution in [0.1, 0.15) is 94.2 Å². The predicted molar refractivity (Wildman–Crippen MR) is 191 cm³/mol. The molecule has 0 unspecified atom stereocenters. The fourth-order valence-electron chi connectivity index (χ4n) is 4.66. The second-order valence-electron chi connectivity index (χ2n) is 15.3. The lowest BCUT2D eigenvalue weighted by Crippen LogP contribution is -2.41. The van der Waals surface area contributed by atoms with Gasteiger partial charge in [-0.2, -0.15) is 0 Å². The summed E-state index contributed by atoms with van der Waals surface area (Å²) in [6, 6.07) is 9.43. The zero-order valence-electron chi connectivity index (χ0n) is 30.6. The second-order valence-corrected chi connectivity index (χ2v) is 16.2. The molecule has 262 valence electrons. The molecule has 12 nitrogen and oxygen atoms in total. The minimum Gasteiger partial charge on any atom is -0.405 e. The van der Waals surface area contributed by atoms with Gasteiger partial charge in [0.05, 0.1) is 43.5 Å². The molecular formula is C32H48B3BrN2O10. The van der Waals surface area contributed by atoms with Crippen molar-refractivity contribution in [1.29, 1.82) is 0 Å². The number of aryl methyl sites for hydroxylation is 2. The molecule has 5 rings (SSSR count). The molecule has 0 aliphatic carbocycles. The summed E-state index contributed by atoms with van der Waals surface area (Å²) in [5, 5.41) is 21.1. The maximum atomic E-state index is 10.9. The third kappa shape index (κ3) is 8.51. The van der Waals surface area contributed by atoms with Crippen LogP contribution in [0.2, 0.25) is 0 Å². The summed E-state index contributed by atoms with van der Waals surface area (Å²) in [5.74, 6) is 0. The Balaban J connectivity index is 0.000000203. The molecule has 3 saturated heterocycles. The van der Waals surface area contributed by atoms with E-state index < -0.39 is 42.2 Å². The topological polar surface area (TPSA) is 142 Å². The Kier molecular flexibility index (Phi) is 11.5. The van der Waals surface area contributed by atoms with Crippen LogP contribution in [0, 0.1) is 34.1 Å². The summed E-state index contributed by atoms with van der Waals surface area (Å²) in [7, 11) is -1.52. The van der Waals surface area contributed by atoms with Crippen molar-refractivity contribution >= 4 is 53.9 Å². The van der Waals surface area contributed by atoms with Gasteiger partial charge < -0.3 is 27.9 Å². The summed E-state index contributed by atoms with van der Waals surface area (Å²) < 4.78 is 36.5. The zero-order valence-corrected chi connectivity index (χ0v) is 32.1. The first-order valence-electron chi connectivity index (χ1n) is 15.9. The van der Waals surface area contributed by atoms with Crippen LogP contribution in [-0.2, 0) is 27.9 Å². The fraction of sp³-hybridized carbons (Fsp3) is 0.625. The monoisotopic (exact) mass is 732 g/mol. The van der Waals surface area contributed by atoms with E-state index in [0.29, 0.717) is 5.46 Å². The lowest BCUT2D eigenvalue weighted by atomic mass is 9.49. The lowest BCUT2D eigenvalue weighted by molar-refractivity contribution is -0.385. The Bertz CT molecular complexity index is 1450. The number of benzene rings is 2. The Morgan fingerprint density at radius 2 is 0.854 bits per heavy atom. The average Bonchev–Trinajstić information content (AvgIpc) is 3.39. The van der Waals surface area contributed by atoms with Crippen molar-refractivity contribution < 1.29 is 37.8 Å². The first kappa shape index (κ1) is 40.1. The van der Waals surface area contributed by atoms with E-state index in [-0.39, 0.29) is 33.8 Å². The van der Waals surface area contributed by atoms with Gasteiger partial charge in [-0.25, -0.2) is 0 Å². The van der Waals surface area contributed by atoms with E-state index in [1.807, 2.05) is 96.9 Å². The van der Waals surface area contributed by atoms with Crippen molar-refractivity contribution in [3.05, 3.63) is 72.2 Å². The molecule has 0 atom stereocenters. The lowest BCUT2D eigenvalue weighted by Gasteiger charge is -2.32. The van der Waals surface area contributed by atoms with Crippen LogP contribution in [0.5, 0.6) is 0 Å². The Morgan fingerprint density at radius 3 is 1.19 bits per heavy atom. The second kappa shape index (κ2) is 13.8. The molecule has 0 amide bonds. The molecule has 0 spiro atoms. The number of hydrogen-bond donors (Lipinski definition) is 0. The molecule has 0 N–H and O–H groups in total. The van der Waals surface area contributed by atoms with Crippen molar-refractivity contribution in [1.82, 2.24) is 0 Å². The van der Waals surface area contributed by atoms with Gasteiger partial charge in [0, 0.05) is 28.7 Å². The standard InChI is InChI=1S/C13H18BNO4.C12H24B2O4.C7H6BrNO2/c1-9-6-7-10(15(16)17)8-11(9)14-18-12(2,3)13(4,5)19-14;1-9(2)10(3,4)16-13(15-9)14-17-11(5,6)12(7,8)18-14;1-5-2-3-6(9(10)11)4-7(5)8/h6-8H,1-5H3;1-8H3;2-4H,1H3. The smallest absolute Gasteiger partial charge is 0.405 e. The summed E-state index contributed by atoms with van der Waals surface area (Å²) in [6.07, 6.45) is 0. The van der Waals surface area contributed by atoms with E-state index in [4.69, 9.17) is 27.9 Å². The minimum absolute atomic E-state index is 0.0512. The van der Waals surface area contributed by atoms with Gasteiger partial charge in [-0.15, -0.1) is 0 Å². The molecule has 48 heavy (non-hydrogen) atoms. The van der Waals surface area contributed by atoms with Crippen LogP contribution in [-0.4, -0.2) is 64.6 Å². The number of hydrogen-bond acceptors (Lipinski definition) is 10. The SMILES string of the molecule is CC1(C)OB(B2OC(C)(C)C(C)(C)O2)OC1(C)C.Cc1ccc([N+](=O)[O-])cc1B1OC(C)(C)C(C)(C)O1.Cc1ccc([N+](=O)[O-])cc1Br. The molecule has 0 radical (unpaired) electrons. The number of nitro groups is 2. The third-order valence-electron chi connectivity index (χ3n) is 10.1. The molecule has 3 aliphatic heterocycles. The quantitative estimate of drug-likeness (QED) is 0.181. The van der Waals surface area contributed by atoms with Crippen molar-refractivity contribution in [3.8, 4) is 0 Å². The van der Waals surface area contributed by atoms with Gasteiger partial charge in [0.25, 0.3) is 11.4 Å². The van der Waals surface area contributed by atoms with Crippen molar-refractivity contribution in [2.45, 2.75) is 131 Å². The third-order valence-corrected chi connectivity index (χ3v) is 11.0. The number of rotatable bonds is 4. The van der Waals surface area contributed by atoms with Gasteiger partial charge in [-0.3, -0.25) is 20.2 Å². The van der Waals surface area contributed by atoms with Crippen LogP contribution in [0.3, 0.4) is 0 Å². The Hall–Kier alpha value is -2.33. The van der Waals surface area contributed by atoms with E-state index in [9.17, 15) is 20.2 Å². The van der Waals surface area contributed by atoms with Crippen LogP contribution < -0.4 is 5.46 Å². The van der Waals surface area contributed by atoms with Gasteiger partial charge in [0.2, 0.25) is 0 Å². The number of halogens is 1. The minimum atomic E-state index is -0.565. The van der Waals surface area contributed by atoms with Gasteiger partial charge in [-0.1, -0.05) is 33.6 Å². The van der Waals surface area contributed by atoms with E-state index in [1.54, 1.807) is 12.1 Å². The van der Waals surface area contributed by atoms with E-state index in [0.717, 1.165) is 15.6 Å². The molecule has 2 aromatic rings. The van der Waals surface area contributed by atoms with Gasteiger partial charge in [-0.05, 0) is 108 Å². The summed E-state index contributed by atoms with van der Waals surface area (Å²) in [5.41, 5.74) is 0.458. The highest BCUT2D eigenvalue weighted by atomic mass is 79.9. The van der Waals surface area contributed by atoms with Gasteiger partial charge in [0.15, 0.2) is 0 Å². The first-order valence-corrected chi connectivity index (χ1v) is 16.6. The van der Waals surface area contributed by atoms with E-state index >= 15 is 0 Å². The molecule has 0 saturated carbocycles. The maximum Gasteiger partial charge on any atom is 0.495 e. The number of non-ortho nitro benzene ring substituents is 2. The van der Waals surface area contributed by atoms with Crippen LogP contribution in [0.4, 0.5) is 11.4 Å². The summed E-state index contributed by atoms with van der Waals surface area (Å²) in [4.78, 5) is 20.3. The van der Waals surface area contributed by atoms with Gasteiger partial charge in [0.1, 0.15) is 0 Å². The molecular weight excluding hydrogens is 685 g/mol. The first-order chi connectivity index (χ1) is 21.6. The normalized spacial score (nSPS) is 22.4. The Morgan fingerprint density at radius 1 is 0.542 bits per heavy atom. The molecule has 3 heterocycles. The average molecular weight is 733 g/mol. The number of nitrogens with zero attached hydrogens (tertiary/aromatic N) is 2.